The summed E-state index contributed by atoms with van der Waals surface area (Å²) in [5, 5.41) is 7.41. The fourth-order valence-corrected chi connectivity index (χ4v) is 2.53. The molecule has 0 saturated carbocycles. The van der Waals surface area contributed by atoms with Gasteiger partial charge in [0.1, 0.15) is 5.69 Å². The van der Waals surface area contributed by atoms with Gasteiger partial charge in [-0.1, -0.05) is 30.3 Å². The number of aromatic nitrogens is 4. The minimum absolute atomic E-state index is 0.0516. The number of hydrogen-bond donors (Lipinski definition) is 1. The van der Waals surface area contributed by atoms with Crippen LogP contribution >= 0.6 is 0 Å². The first-order valence-electron chi connectivity index (χ1n) is 7.78. The number of aryl methyl sites for hydroxylation is 1. The maximum absolute atomic E-state index is 12.5. The van der Waals surface area contributed by atoms with Gasteiger partial charge in [0, 0.05) is 43.7 Å². The standard InChI is InChI=1S/C18H19N5O/c1-13(10-15-12-19-8-9-20-15)21-18(24)17-11-16(22-23(17)2)14-6-4-3-5-7-14/h3-9,11-13H,10H2,1-2H3,(H,21,24)/t13-/m1/s1. The van der Waals surface area contributed by atoms with Crippen LogP contribution in [0, 0.1) is 0 Å². The van der Waals surface area contributed by atoms with Gasteiger partial charge in [0.25, 0.3) is 5.91 Å². The third kappa shape index (κ3) is 3.65. The molecule has 2 aromatic heterocycles. The molecule has 1 amide bonds. The van der Waals surface area contributed by atoms with Crippen LogP contribution in [0.1, 0.15) is 23.1 Å². The van der Waals surface area contributed by atoms with Gasteiger partial charge in [0.15, 0.2) is 0 Å². The first kappa shape index (κ1) is 15.9. The molecule has 0 aliphatic rings. The predicted octanol–water partition coefficient (Wildman–Crippen LogP) is 2.24. The molecule has 6 heteroatoms. The summed E-state index contributed by atoms with van der Waals surface area (Å²) >= 11 is 0. The molecule has 2 heterocycles. The molecular formula is C18H19N5O. The molecular weight excluding hydrogens is 302 g/mol. The van der Waals surface area contributed by atoms with Gasteiger partial charge in [-0.3, -0.25) is 19.4 Å². The summed E-state index contributed by atoms with van der Waals surface area (Å²) in [4.78, 5) is 20.8. The van der Waals surface area contributed by atoms with Gasteiger partial charge in [-0.25, -0.2) is 0 Å². The molecule has 0 fully saturated rings. The molecule has 24 heavy (non-hydrogen) atoms. The van der Waals surface area contributed by atoms with E-state index in [0.717, 1.165) is 17.0 Å². The SMILES string of the molecule is C[C@H](Cc1cnccn1)NC(=O)c1cc(-c2ccccc2)nn1C. The quantitative estimate of drug-likeness (QED) is 0.782. The van der Waals surface area contributed by atoms with Crippen LogP contribution in [0.5, 0.6) is 0 Å². The largest absolute Gasteiger partial charge is 0.348 e. The van der Waals surface area contributed by atoms with Gasteiger partial charge in [-0.05, 0) is 13.0 Å². The van der Waals surface area contributed by atoms with Crippen LogP contribution in [-0.2, 0) is 13.5 Å². The molecule has 1 atom stereocenters. The maximum atomic E-state index is 12.5. The molecule has 0 unspecified atom stereocenters. The zero-order valence-corrected chi connectivity index (χ0v) is 13.7. The van der Waals surface area contributed by atoms with Crippen LogP contribution in [0.25, 0.3) is 11.3 Å². The summed E-state index contributed by atoms with van der Waals surface area (Å²) in [7, 11) is 1.77. The van der Waals surface area contributed by atoms with Crippen LogP contribution < -0.4 is 5.32 Å². The molecule has 0 radical (unpaired) electrons. The summed E-state index contributed by atoms with van der Waals surface area (Å²) in [5.41, 5.74) is 3.14. The fourth-order valence-electron chi connectivity index (χ4n) is 2.53. The first-order valence-corrected chi connectivity index (χ1v) is 7.78. The van der Waals surface area contributed by atoms with Crippen molar-refractivity contribution in [2.45, 2.75) is 19.4 Å². The van der Waals surface area contributed by atoms with Gasteiger partial charge in [-0.15, -0.1) is 0 Å². The molecule has 1 aromatic carbocycles. The number of hydrogen-bond acceptors (Lipinski definition) is 4. The van der Waals surface area contributed by atoms with Crippen molar-refractivity contribution in [3.63, 3.8) is 0 Å². The molecule has 6 nitrogen and oxygen atoms in total. The molecule has 0 aliphatic heterocycles. The number of amides is 1. The Morgan fingerprint density at radius 1 is 1.25 bits per heavy atom. The Balaban J connectivity index is 1.70. The number of carbonyl (C=O) groups excluding carboxylic acids is 1. The fraction of sp³-hybridized carbons (Fsp3) is 0.222. The van der Waals surface area contributed by atoms with E-state index < -0.39 is 0 Å². The third-order valence-electron chi connectivity index (χ3n) is 3.69. The van der Waals surface area contributed by atoms with E-state index in [0.29, 0.717) is 12.1 Å². The molecule has 0 saturated heterocycles. The van der Waals surface area contributed by atoms with Crippen molar-refractivity contribution in [3.8, 4) is 11.3 Å². The monoisotopic (exact) mass is 321 g/mol. The predicted molar refractivity (Wildman–Crippen MR) is 91.3 cm³/mol. The van der Waals surface area contributed by atoms with E-state index in [2.05, 4.69) is 20.4 Å². The summed E-state index contributed by atoms with van der Waals surface area (Å²) in [6.45, 7) is 1.95. The average molecular weight is 321 g/mol. The Hall–Kier alpha value is -3.02. The Kier molecular flexibility index (Phi) is 4.65. The van der Waals surface area contributed by atoms with E-state index in [1.54, 1.807) is 36.4 Å². The number of nitrogens with zero attached hydrogens (tertiary/aromatic N) is 4. The smallest absolute Gasteiger partial charge is 0.269 e. The van der Waals surface area contributed by atoms with E-state index in [1.807, 2.05) is 37.3 Å². The van der Waals surface area contributed by atoms with Crippen molar-refractivity contribution in [3.05, 3.63) is 66.4 Å². The summed E-state index contributed by atoms with van der Waals surface area (Å²) < 4.78 is 1.60. The minimum atomic E-state index is -0.149. The highest BCUT2D eigenvalue weighted by Crippen LogP contribution is 2.18. The van der Waals surface area contributed by atoms with Crippen molar-refractivity contribution >= 4 is 5.91 Å². The molecule has 122 valence electrons. The minimum Gasteiger partial charge on any atom is -0.348 e. The molecule has 0 aliphatic carbocycles. The van der Waals surface area contributed by atoms with E-state index in [-0.39, 0.29) is 11.9 Å². The zero-order valence-electron chi connectivity index (χ0n) is 13.7. The van der Waals surface area contributed by atoms with Crippen LogP contribution in [-0.4, -0.2) is 31.7 Å². The molecule has 0 bridgehead atoms. The second kappa shape index (κ2) is 7.04. The number of benzene rings is 1. The van der Waals surface area contributed by atoms with Crippen LogP contribution in [0.15, 0.2) is 55.0 Å². The van der Waals surface area contributed by atoms with Gasteiger partial charge < -0.3 is 5.32 Å². The van der Waals surface area contributed by atoms with Crippen molar-refractivity contribution in [2.75, 3.05) is 0 Å². The Morgan fingerprint density at radius 2 is 2.04 bits per heavy atom. The Bertz CT molecular complexity index is 814. The summed E-state index contributed by atoms with van der Waals surface area (Å²) in [6, 6.07) is 11.6. The second-order valence-electron chi connectivity index (χ2n) is 5.68. The molecule has 0 spiro atoms. The number of rotatable bonds is 5. The normalized spacial score (nSPS) is 11.9. The van der Waals surface area contributed by atoms with Gasteiger partial charge in [0.05, 0.1) is 11.4 Å². The van der Waals surface area contributed by atoms with E-state index in [9.17, 15) is 4.79 Å². The lowest BCUT2D eigenvalue weighted by Crippen LogP contribution is -2.35. The van der Waals surface area contributed by atoms with Crippen LogP contribution in [0.2, 0.25) is 0 Å². The van der Waals surface area contributed by atoms with Crippen LogP contribution in [0.3, 0.4) is 0 Å². The lowest BCUT2D eigenvalue weighted by atomic mass is 10.1. The van der Waals surface area contributed by atoms with Gasteiger partial charge >= 0.3 is 0 Å². The summed E-state index contributed by atoms with van der Waals surface area (Å²) in [6.07, 6.45) is 5.62. The van der Waals surface area contributed by atoms with Crippen molar-refractivity contribution < 1.29 is 4.79 Å². The highest BCUT2D eigenvalue weighted by Gasteiger charge is 2.16. The van der Waals surface area contributed by atoms with Gasteiger partial charge in [0.2, 0.25) is 0 Å². The Labute approximate surface area is 140 Å². The van der Waals surface area contributed by atoms with E-state index in [4.69, 9.17) is 0 Å². The zero-order chi connectivity index (χ0) is 16.9. The highest BCUT2D eigenvalue weighted by atomic mass is 16.2. The van der Waals surface area contributed by atoms with Gasteiger partial charge in [-0.2, -0.15) is 5.10 Å². The molecule has 1 N–H and O–H groups in total. The Morgan fingerprint density at radius 3 is 2.75 bits per heavy atom. The van der Waals surface area contributed by atoms with Crippen LogP contribution in [0.4, 0.5) is 0 Å². The summed E-state index contributed by atoms with van der Waals surface area (Å²) in [5.74, 6) is -0.149. The van der Waals surface area contributed by atoms with Crippen molar-refractivity contribution in [2.24, 2.45) is 7.05 Å². The molecule has 3 rings (SSSR count). The second-order valence-corrected chi connectivity index (χ2v) is 5.68. The maximum Gasteiger partial charge on any atom is 0.269 e. The number of carbonyl (C=O) groups is 1. The lowest BCUT2D eigenvalue weighted by Gasteiger charge is -2.13. The third-order valence-corrected chi connectivity index (χ3v) is 3.69. The van der Waals surface area contributed by atoms with E-state index >= 15 is 0 Å². The highest BCUT2D eigenvalue weighted by molar-refractivity contribution is 5.93. The van der Waals surface area contributed by atoms with Crippen molar-refractivity contribution in [1.82, 2.24) is 25.1 Å². The lowest BCUT2D eigenvalue weighted by molar-refractivity contribution is 0.0930. The molecule has 3 aromatic rings. The first-order chi connectivity index (χ1) is 11.6. The van der Waals surface area contributed by atoms with E-state index in [1.165, 1.54) is 0 Å². The average Bonchev–Trinajstić information content (AvgIpc) is 2.98. The number of nitrogens with one attached hydrogen (secondary N) is 1. The topological polar surface area (TPSA) is 72.7 Å². The van der Waals surface area contributed by atoms with Crippen molar-refractivity contribution in [1.29, 1.82) is 0 Å².